The summed E-state index contributed by atoms with van der Waals surface area (Å²) in [5, 5.41) is 0.160. The number of rotatable bonds is 2. The van der Waals surface area contributed by atoms with Crippen LogP contribution in [-0.4, -0.2) is 11.4 Å². The molecule has 0 N–H and O–H groups in total. The standard InChI is InChI=1S/C10H12OS/c1-3-8-6-4-5-7-9(8)10(11)12-2/h4-7H,3H2,1-2H3. The van der Waals surface area contributed by atoms with Gasteiger partial charge in [-0.25, -0.2) is 0 Å². The van der Waals surface area contributed by atoms with E-state index in [1.165, 1.54) is 11.8 Å². The zero-order valence-electron chi connectivity index (χ0n) is 7.33. The summed E-state index contributed by atoms with van der Waals surface area (Å²) in [4.78, 5) is 11.4. The first-order chi connectivity index (χ1) is 5.79. The van der Waals surface area contributed by atoms with Crippen molar-refractivity contribution >= 4 is 16.9 Å². The largest absolute Gasteiger partial charge is 0.282 e. The predicted octanol–water partition coefficient (Wildman–Crippen LogP) is 2.75. The van der Waals surface area contributed by atoms with Gasteiger partial charge < -0.3 is 0 Å². The van der Waals surface area contributed by atoms with E-state index in [-0.39, 0.29) is 5.12 Å². The van der Waals surface area contributed by atoms with Crippen molar-refractivity contribution in [3.05, 3.63) is 35.4 Å². The van der Waals surface area contributed by atoms with Crippen molar-refractivity contribution < 1.29 is 4.79 Å². The molecular weight excluding hydrogens is 168 g/mol. The third kappa shape index (κ3) is 1.89. The van der Waals surface area contributed by atoms with Gasteiger partial charge in [0.2, 0.25) is 5.12 Å². The summed E-state index contributed by atoms with van der Waals surface area (Å²) in [5.41, 5.74) is 1.99. The second-order valence-corrected chi connectivity index (χ2v) is 3.28. The van der Waals surface area contributed by atoms with Gasteiger partial charge in [0.05, 0.1) is 0 Å². The van der Waals surface area contributed by atoms with Gasteiger partial charge in [-0.1, -0.05) is 43.0 Å². The van der Waals surface area contributed by atoms with Crippen molar-refractivity contribution in [2.75, 3.05) is 6.26 Å². The molecule has 0 saturated heterocycles. The van der Waals surface area contributed by atoms with E-state index in [1.807, 2.05) is 30.5 Å². The Hall–Kier alpha value is -0.760. The molecule has 0 atom stereocenters. The van der Waals surface area contributed by atoms with Crippen LogP contribution in [0.3, 0.4) is 0 Å². The maximum absolute atomic E-state index is 11.4. The third-order valence-electron chi connectivity index (χ3n) is 1.80. The molecule has 0 aliphatic rings. The molecule has 1 nitrogen and oxygen atoms in total. The first-order valence-corrected chi connectivity index (χ1v) is 5.18. The van der Waals surface area contributed by atoms with Gasteiger partial charge in [-0.05, 0) is 18.2 Å². The molecule has 0 saturated carbocycles. The van der Waals surface area contributed by atoms with Crippen molar-refractivity contribution in [2.45, 2.75) is 13.3 Å². The highest BCUT2D eigenvalue weighted by Crippen LogP contribution is 2.14. The second kappa shape index (κ2) is 4.31. The average molecular weight is 180 g/mol. The number of hydrogen-bond acceptors (Lipinski definition) is 2. The third-order valence-corrected chi connectivity index (χ3v) is 2.39. The zero-order valence-corrected chi connectivity index (χ0v) is 8.15. The molecule has 0 bridgehead atoms. The number of benzene rings is 1. The molecular formula is C10H12OS. The lowest BCUT2D eigenvalue weighted by atomic mass is 10.1. The molecule has 1 aromatic rings. The van der Waals surface area contributed by atoms with Gasteiger partial charge in [0.1, 0.15) is 0 Å². The molecule has 0 aromatic heterocycles. The molecule has 1 aromatic carbocycles. The van der Waals surface area contributed by atoms with Crippen molar-refractivity contribution in [1.29, 1.82) is 0 Å². The number of hydrogen-bond donors (Lipinski definition) is 0. The lowest BCUT2D eigenvalue weighted by Gasteiger charge is -2.03. The van der Waals surface area contributed by atoms with Gasteiger partial charge in [0.15, 0.2) is 0 Å². The number of carbonyl (C=O) groups is 1. The highest BCUT2D eigenvalue weighted by atomic mass is 32.2. The summed E-state index contributed by atoms with van der Waals surface area (Å²) < 4.78 is 0. The number of carbonyl (C=O) groups excluding carboxylic acids is 1. The molecule has 0 spiro atoms. The Kier molecular flexibility index (Phi) is 3.35. The highest BCUT2D eigenvalue weighted by Gasteiger charge is 2.06. The first-order valence-electron chi connectivity index (χ1n) is 3.95. The zero-order chi connectivity index (χ0) is 8.97. The number of thioether (sulfide) groups is 1. The fourth-order valence-corrected chi connectivity index (χ4v) is 1.56. The summed E-state index contributed by atoms with van der Waals surface area (Å²) >= 11 is 1.27. The van der Waals surface area contributed by atoms with Crippen LogP contribution in [0.4, 0.5) is 0 Å². The average Bonchev–Trinajstić information content (AvgIpc) is 2.16. The van der Waals surface area contributed by atoms with Crippen LogP contribution in [0, 0.1) is 0 Å². The fourth-order valence-electron chi connectivity index (χ4n) is 1.14. The highest BCUT2D eigenvalue weighted by molar-refractivity contribution is 8.13. The Labute approximate surface area is 77.2 Å². The van der Waals surface area contributed by atoms with E-state index in [1.54, 1.807) is 0 Å². The smallest absolute Gasteiger partial charge is 0.219 e. The fraction of sp³-hybridized carbons (Fsp3) is 0.300. The molecule has 12 heavy (non-hydrogen) atoms. The molecule has 0 fully saturated rings. The Bertz CT molecular complexity index is 281. The molecule has 0 radical (unpaired) electrons. The van der Waals surface area contributed by atoms with Gasteiger partial charge in [0.25, 0.3) is 0 Å². The lowest BCUT2D eigenvalue weighted by molar-refractivity contribution is 0.108. The maximum atomic E-state index is 11.4. The van der Waals surface area contributed by atoms with Crippen molar-refractivity contribution in [2.24, 2.45) is 0 Å². The molecule has 0 unspecified atom stereocenters. The lowest BCUT2D eigenvalue weighted by Crippen LogP contribution is -1.97. The van der Waals surface area contributed by atoms with Crippen molar-refractivity contribution in [3.8, 4) is 0 Å². The van der Waals surface area contributed by atoms with Crippen LogP contribution in [0.2, 0.25) is 0 Å². The van der Waals surface area contributed by atoms with Gasteiger partial charge in [-0.3, -0.25) is 4.79 Å². The molecule has 64 valence electrons. The van der Waals surface area contributed by atoms with Gasteiger partial charge >= 0.3 is 0 Å². The minimum atomic E-state index is 0.160. The summed E-state index contributed by atoms with van der Waals surface area (Å²) in [7, 11) is 0. The van der Waals surface area contributed by atoms with Crippen LogP contribution in [-0.2, 0) is 6.42 Å². The Balaban J connectivity index is 3.04. The van der Waals surface area contributed by atoms with Gasteiger partial charge in [-0.15, -0.1) is 0 Å². The minimum Gasteiger partial charge on any atom is -0.282 e. The Morgan fingerprint density at radius 2 is 2.08 bits per heavy atom. The molecule has 0 aliphatic heterocycles. The van der Waals surface area contributed by atoms with Crippen LogP contribution in [0.15, 0.2) is 24.3 Å². The summed E-state index contributed by atoms with van der Waals surface area (Å²) in [6.07, 6.45) is 2.73. The van der Waals surface area contributed by atoms with E-state index >= 15 is 0 Å². The predicted molar refractivity (Wildman–Crippen MR) is 53.7 cm³/mol. The molecule has 0 heterocycles. The number of aryl methyl sites for hydroxylation is 1. The summed E-state index contributed by atoms with van der Waals surface area (Å²) in [6, 6.07) is 7.76. The van der Waals surface area contributed by atoms with Crippen LogP contribution < -0.4 is 0 Å². The van der Waals surface area contributed by atoms with E-state index in [2.05, 4.69) is 6.92 Å². The molecule has 0 aliphatic carbocycles. The monoisotopic (exact) mass is 180 g/mol. The van der Waals surface area contributed by atoms with Gasteiger partial charge in [0, 0.05) is 5.56 Å². The van der Waals surface area contributed by atoms with E-state index in [0.29, 0.717) is 0 Å². The second-order valence-electron chi connectivity index (χ2n) is 2.50. The van der Waals surface area contributed by atoms with Crippen LogP contribution in [0.1, 0.15) is 22.8 Å². The van der Waals surface area contributed by atoms with Crippen molar-refractivity contribution in [3.63, 3.8) is 0 Å². The minimum absolute atomic E-state index is 0.160. The quantitative estimate of drug-likeness (QED) is 0.696. The SMILES string of the molecule is CCc1ccccc1C(=O)SC. The topological polar surface area (TPSA) is 17.1 Å². The van der Waals surface area contributed by atoms with E-state index < -0.39 is 0 Å². The van der Waals surface area contributed by atoms with E-state index in [4.69, 9.17) is 0 Å². The Morgan fingerprint density at radius 3 is 2.67 bits per heavy atom. The molecule has 1 rings (SSSR count). The van der Waals surface area contributed by atoms with E-state index in [0.717, 1.165) is 17.5 Å². The van der Waals surface area contributed by atoms with E-state index in [9.17, 15) is 4.79 Å². The van der Waals surface area contributed by atoms with Crippen LogP contribution in [0.5, 0.6) is 0 Å². The van der Waals surface area contributed by atoms with Crippen molar-refractivity contribution in [1.82, 2.24) is 0 Å². The Morgan fingerprint density at radius 1 is 1.42 bits per heavy atom. The van der Waals surface area contributed by atoms with Gasteiger partial charge in [-0.2, -0.15) is 0 Å². The van der Waals surface area contributed by atoms with Crippen LogP contribution in [0.25, 0.3) is 0 Å². The summed E-state index contributed by atoms with van der Waals surface area (Å²) in [6.45, 7) is 2.06. The molecule has 2 heteroatoms. The molecule has 0 amide bonds. The normalized spacial score (nSPS) is 9.83. The van der Waals surface area contributed by atoms with Crippen LogP contribution >= 0.6 is 11.8 Å². The maximum Gasteiger partial charge on any atom is 0.219 e. The summed E-state index contributed by atoms with van der Waals surface area (Å²) in [5.74, 6) is 0. The first kappa shape index (κ1) is 9.33.